The Labute approximate surface area is 171 Å². The van der Waals surface area contributed by atoms with Crippen LogP contribution in [0.25, 0.3) is 0 Å². The van der Waals surface area contributed by atoms with E-state index in [1.54, 1.807) is 0 Å². The highest BCUT2D eigenvalue weighted by atomic mass is 16.7. The number of para-hydroxylation sites is 1. The van der Waals surface area contributed by atoms with Crippen molar-refractivity contribution < 1.29 is 14.2 Å². The molecular formula is C24H26N2O3. The average Bonchev–Trinajstić information content (AvgIpc) is 3.22. The fourth-order valence-corrected chi connectivity index (χ4v) is 3.52. The first-order chi connectivity index (χ1) is 14.3. The number of aromatic nitrogens is 1. The summed E-state index contributed by atoms with van der Waals surface area (Å²) in [5, 5.41) is 0. The van der Waals surface area contributed by atoms with Gasteiger partial charge in [-0.2, -0.15) is 0 Å². The molecule has 0 bridgehead atoms. The zero-order chi connectivity index (χ0) is 19.9. The van der Waals surface area contributed by atoms with Crippen molar-refractivity contribution in [1.82, 2.24) is 9.88 Å². The van der Waals surface area contributed by atoms with E-state index in [1.807, 2.05) is 43.6 Å². The van der Waals surface area contributed by atoms with E-state index in [2.05, 4.69) is 40.2 Å². The molecule has 0 saturated carbocycles. The Morgan fingerprint density at radius 1 is 0.966 bits per heavy atom. The van der Waals surface area contributed by atoms with Crippen molar-refractivity contribution in [2.45, 2.75) is 26.4 Å². The molecule has 5 nitrogen and oxygen atoms in total. The average molecular weight is 390 g/mol. The Balaban J connectivity index is 1.49. The topological polar surface area (TPSA) is 43.8 Å². The summed E-state index contributed by atoms with van der Waals surface area (Å²) in [4.78, 5) is 6.70. The maximum atomic E-state index is 5.83. The van der Waals surface area contributed by atoms with Gasteiger partial charge in [0.1, 0.15) is 5.75 Å². The Bertz CT molecular complexity index is 930. The van der Waals surface area contributed by atoms with Gasteiger partial charge in [-0.15, -0.1) is 0 Å². The summed E-state index contributed by atoms with van der Waals surface area (Å²) >= 11 is 0. The van der Waals surface area contributed by atoms with Crippen molar-refractivity contribution in [2.75, 3.05) is 19.9 Å². The third kappa shape index (κ3) is 5.06. The molecule has 0 N–H and O–H groups in total. The van der Waals surface area contributed by atoms with E-state index in [0.29, 0.717) is 13.4 Å². The summed E-state index contributed by atoms with van der Waals surface area (Å²) in [5.74, 6) is 2.61. The van der Waals surface area contributed by atoms with Crippen LogP contribution in [0.2, 0.25) is 0 Å². The second-order valence-electron chi connectivity index (χ2n) is 7.05. The van der Waals surface area contributed by atoms with E-state index >= 15 is 0 Å². The molecule has 0 amide bonds. The number of hydrogen-bond acceptors (Lipinski definition) is 5. The molecule has 3 aromatic rings. The lowest BCUT2D eigenvalue weighted by atomic mass is 10.1. The van der Waals surface area contributed by atoms with Crippen LogP contribution in [0.15, 0.2) is 67.0 Å². The van der Waals surface area contributed by atoms with Crippen molar-refractivity contribution >= 4 is 0 Å². The third-order valence-corrected chi connectivity index (χ3v) is 4.95. The molecule has 150 valence electrons. The Hall–Kier alpha value is -3.05. The molecule has 0 saturated heterocycles. The molecule has 0 spiro atoms. The van der Waals surface area contributed by atoms with E-state index in [1.165, 1.54) is 16.7 Å². The van der Waals surface area contributed by atoms with Crippen molar-refractivity contribution in [2.24, 2.45) is 0 Å². The largest absolute Gasteiger partial charge is 0.494 e. The maximum Gasteiger partial charge on any atom is 0.231 e. The number of pyridine rings is 1. The first kappa shape index (κ1) is 19.3. The van der Waals surface area contributed by atoms with Gasteiger partial charge in [0.2, 0.25) is 6.79 Å². The van der Waals surface area contributed by atoms with E-state index in [-0.39, 0.29) is 0 Å². The highest BCUT2D eigenvalue weighted by Gasteiger charge is 2.15. The van der Waals surface area contributed by atoms with Gasteiger partial charge < -0.3 is 14.2 Å². The third-order valence-electron chi connectivity index (χ3n) is 4.95. The number of ether oxygens (including phenoxy) is 3. The quantitative estimate of drug-likeness (QED) is 0.540. The van der Waals surface area contributed by atoms with Gasteiger partial charge in [-0.25, -0.2) is 0 Å². The minimum Gasteiger partial charge on any atom is -0.494 e. The molecule has 29 heavy (non-hydrogen) atoms. The monoisotopic (exact) mass is 390 g/mol. The zero-order valence-corrected chi connectivity index (χ0v) is 16.7. The highest BCUT2D eigenvalue weighted by Crippen LogP contribution is 2.32. The Morgan fingerprint density at radius 3 is 2.72 bits per heavy atom. The van der Waals surface area contributed by atoms with Gasteiger partial charge in [0.15, 0.2) is 11.5 Å². The first-order valence-corrected chi connectivity index (χ1v) is 10.0. The van der Waals surface area contributed by atoms with E-state index in [9.17, 15) is 0 Å². The number of benzene rings is 2. The standard InChI is InChI=1S/C24H26N2O3/c1-2-27-22-8-4-3-7-21(22)17-26(16-20-6-5-12-25-15-20)13-11-19-9-10-23-24(14-19)29-18-28-23/h3-10,12,14-15H,2,11,13,16-18H2,1H3. The van der Waals surface area contributed by atoms with Gasteiger partial charge in [-0.05, 0) is 48.7 Å². The number of hydrogen-bond donors (Lipinski definition) is 0. The summed E-state index contributed by atoms with van der Waals surface area (Å²) in [6.45, 7) is 5.55. The first-order valence-electron chi connectivity index (χ1n) is 10.0. The van der Waals surface area contributed by atoms with Crippen LogP contribution in [0.1, 0.15) is 23.6 Å². The van der Waals surface area contributed by atoms with Crippen molar-refractivity contribution in [3.8, 4) is 17.2 Å². The normalized spacial score (nSPS) is 12.3. The molecule has 5 heteroatoms. The summed E-state index contributed by atoms with van der Waals surface area (Å²) in [5.41, 5.74) is 3.64. The van der Waals surface area contributed by atoms with Crippen LogP contribution >= 0.6 is 0 Å². The fourth-order valence-electron chi connectivity index (χ4n) is 3.52. The lowest BCUT2D eigenvalue weighted by Crippen LogP contribution is -2.25. The summed E-state index contributed by atoms with van der Waals surface area (Å²) in [7, 11) is 0. The summed E-state index contributed by atoms with van der Waals surface area (Å²) < 4.78 is 16.8. The highest BCUT2D eigenvalue weighted by molar-refractivity contribution is 5.44. The minimum absolute atomic E-state index is 0.306. The number of nitrogens with zero attached hydrogens (tertiary/aromatic N) is 2. The smallest absolute Gasteiger partial charge is 0.231 e. The van der Waals surface area contributed by atoms with Gasteiger partial charge >= 0.3 is 0 Å². The molecule has 0 fully saturated rings. The summed E-state index contributed by atoms with van der Waals surface area (Å²) in [6.07, 6.45) is 4.67. The van der Waals surface area contributed by atoms with Gasteiger partial charge in [-0.1, -0.05) is 30.3 Å². The molecule has 2 heterocycles. The SMILES string of the molecule is CCOc1ccccc1CN(CCc1ccc2c(c1)OCO2)Cc1cccnc1. The van der Waals surface area contributed by atoms with Crippen LogP contribution in [0.5, 0.6) is 17.2 Å². The van der Waals surface area contributed by atoms with Gasteiger partial charge in [0.25, 0.3) is 0 Å². The molecule has 0 atom stereocenters. The zero-order valence-electron chi connectivity index (χ0n) is 16.7. The van der Waals surface area contributed by atoms with Crippen molar-refractivity contribution in [3.05, 3.63) is 83.7 Å². The molecule has 1 aliphatic rings. The lowest BCUT2D eigenvalue weighted by Gasteiger charge is -2.24. The Morgan fingerprint density at radius 2 is 1.86 bits per heavy atom. The Kier molecular flexibility index (Phi) is 6.27. The van der Waals surface area contributed by atoms with Gasteiger partial charge in [0.05, 0.1) is 6.61 Å². The van der Waals surface area contributed by atoms with Crippen molar-refractivity contribution in [3.63, 3.8) is 0 Å². The predicted octanol–water partition coefficient (Wildman–Crippen LogP) is 4.45. The molecule has 4 rings (SSSR count). The molecule has 0 aliphatic carbocycles. The summed E-state index contributed by atoms with van der Waals surface area (Å²) in [6, 6.07) is 18.6. The minimum atomic E-state index is 0.306. The molecule has 1 aromatic heterocycles. The van der Waals surface area contributed by atoms with Crippen LogP contribution in [0, 0.1) is 0 Å². The fraction of sp³-hybridized carbons (Fsp3) is 0.292. The number of fused-ring (bicyclic) bond motifs is 1. The molecule has 0 unspecified atom stereocenters. The maximum absolute atomic E-state index is 5.83. The van der Waals surface area contributed by atoms with Crippen LogP contribution < -0.4 is 14.2 Å². The van der Waals surface area contributed by atoms with E-state index < -0.39 is 0 Å². The molecule has 0 radical (unpaired) electrons. The number of rotatable bonds is 9. The van der Waals surface area contributed by atoms with Crippen LogP contribution in [-0.4, -0.2) is 29.8 Å². The molecule has 2 aromatic carbocycles. The second kappa shape index (κ2) is 9.43. The van der Waals surface area contributed by atoms with E-state index in [4.69, 9.17) is 14.2 Å². The molecule has 1 aliphatic heterocycles. The van der Waals surface area contributed by atoms with Gasteiger partial charge in [-0.3, -0.25) is 9.88 Å². The van der Waals surface area contributed by atoms with Gasteiger partial charge in [0, 0.05) is 37.6 Å². The second-order valence-corrected chi connectivity index (χ2v) is 7.05. The van der Waals surface area contributed by atoms with Crippen LogP contribution in [-0.2, 0) is 19.5 Å². The van der Waals surface area contributed by atoms with Crippen molar-refractivity contribution in [1.29, 1.82) is 0 Å². The molecular weight excluding hydrogens is 364 g/mol. The lowest BCUT2D eigenvalue weighted by molar-refractivity contribution is 0.174. The van der Waals surface area contributed by atoms with E-state index in [0.717, 1.165) is 43.3 Å². The predicted molar refractivity (Wildman–Crippen MR) is 112 cm³/mol. The van der Waals surface area contributed by atoms with Crippen LogP contribution in [0.3, 0.4) is 0 Å². The van der Waals surface area contributed by atoms with Crippen LogP contribution in [0.4, 0.5) is 0 Å².